The molecule has 25 heteroatoms. The molecule has 2 aliphatic heterocycles. The van der Waals surface area contributed by atoms with Crippen LogP contribution in [0.5, 0.6) is 0 Å². The molecule has 2 heterocycles. The summed E-state index contributed by atoms with van der Waals surface area (Å²) in [6.45, 7) is 32.5. The molecular weight excluding hydrogens is 1220 g/mol. The summed E-state index contributed by atoms with van der Waals surface area (Å²) in [6, 6.07) is -14.1. The fourth-order valence-electron chi connectivity index (χ4n) is 12.7. The molecular formula is C70H126N12O13. The molecule has 2 aliphatic rings. The zero-order valence-electron chi connectivity index (χ0n) is 62.4. The van der Waals surface area contributed by atoms with Gasteiger partial charge in [-0.05, 0) is 148 Å². The van der Waals surface area contributed by atoms with Crippen molar-refractivity contribution in [2.45, 2.75) is 261 Å². The summed E-state index contributed by atoms with van der Waals surface area (Å²) in [5.41, 5.74) is 0. The molecule has 0 spiro atoms. The molecule has 5 N–H and O–H groups in total. The number of nitrogens with zero attached hydrogens (tertiary/aromatic N) is 8. The zero-order valence-corrected chi connectivity index (χ0v) is 62.4. The summed E-state index contributed by atoms with van der Waals surface area (Å²) in [5.74, 6) is -9.94. The average molecular weight is 1340 g/mol. The minimum Gasteiger partial charge on any atom is -0.390 e. The van der Waals surface area contributed by atoms with E-state index in [4.69, 9.17) is 4.74 Å². The van der Waals surface area contributed by atoms with Crippen LogP contribution < -0.4 is 21.3 Å². The molecule has 0 aromatic rings. The molecule has 0 aromatic heterocycles. The number of carbonyl (C=O) groups is 11. The van der Waals surface area contributed by atoms with Crippen molar-refractivity contribution in [3.05, 3.63) is 12.2 Å². The first-order valence-electron chi connectivity index (χ1n) is 34.9. The van der Waals surface area contributed by atoms with Crippen LogP contribution >= 0.6 is 0 Å². The quantitative estimate of drug-likeness (QED) is 0.0841. The Labute approximate surface area is 569 Å². The van der Waals surface area contributed by atoms with Gasteiger partial charge in [-0.25, -0.2) is 0 Å². The van der Waals surface area contributed by atoms with Gasteiger partial charge in [0.2, 0.25) is 65.0 Å². The van der Waals surface area contributed by atoms with Crippen LogP contribution in [-0.4, -0.2) is 264 Å². The van der Waals surface area contributed by atoms with Gasteiger partial charge in [0, 0.05) is 55.9 Å². The molecule has 0 aliphatic carbocycles. The highest BCUT2D eigenvalue weighted by Crippen LogP contribution is 2.26. The number of nitrogens with one attached hydrogen (secondary N) is 4. The lowest BCUT2D eigenvalue weighted by Gasteiger charge is -2.41. The molecule has 0 bridgehead atoms. The van der Waals surface area contributed by atoms with Crippen molar-refractivity contribution in [2.75, 3.05) is 75.6 Å². The van der Waals surface area contributed by atoms with Gasteiger partial charge in [-0.3, -0.25) is 52.7 Å². The maximum atomic E-state index is 15.3. The first-order chi connectivity index (χ1) is 44.2. The predicted octanol–water partition coefficient (Wildman–Crippen LogP) is 4.28. The lowest BCUT2D eigenvalue weighted by molar-refractivity contribution is -0.157. The van der Waals surface area contributed by atoms with Gasteiger partial charge in [-0.15, -0.1) is 0 Å². The summed E-state index contributed by atoms with van der Waals surface area (Å²) < 4.78 is 6.38. The highest BCUT2D eigenvalue weighted by atomic mass is 16.5. The van der Waals surface area contributed by atoms with E-state index in [-0.39, 0.29) is 50.0 Å². The van der Waals surface area contributed by atoms with Crippen LogP contribution in [0.2, 0.25) is 0 Å². The van der Waals surface area contributed by atoms with Crippen LogP contribution in [0.1, 0.15) is 182 Å². The summed E-state index contributed by atoms with van der Waals surface area (Å²) >= 11 is 0. The molecule has 0 radical (unpaired) electrons. The van der Waals surface area contributed by atoms with Crippen molar-refractivity contribution >= 4 is 65.0 Å². The maximum absolute atomic E-state index is 15.3. The van der Waals surface area contributed by atoms with Crippen molar-refractivity contribution in [1.29, 1.82) is 0 Å². The summed E-state index contributed by atoms with van der Waals surface area (Å²) in [4.78, 5) is 174. The van der Waals surface area contributed by atoms with E-state index in [1.54, 1.807) is 61.5 Å². The highest BCUT2D eigenvalue weighted by Gasteiger charge is 2.46. The Kier molecular flexibility index (Phi) is 35.6. The van der Waals surface area contributed by atoms with Crippen molar-refractivity contribution in [3.8, 4) is 0 Å². The van der Waals surface area contributed by atoms with Gasteiger partial charge in [-0.2, -0.15) is 0 Å². The number of allylic oxidation sites excluding steroid dienone is 2. The minimum absolute atomic E-state index is 0.00292. The third kappa shape index (κ3) is 24.1. The molecule has 95 heavy (non-hydrogen) atoms. The molecule has 25 nitrogen and oxygen atoms in total. The molecule has 14 atom stereocenters. The van der Waals surface area contributed by atoms with Gasteiger partial charge < -0.3 is 70.3 Å². The third-order valence-corrected chi connectivity index (χ3v) is 18.9. The lowest BCUT2D eigenvalue weighted by atomic mass is 9.91. The van der Waals surface area contributed by atoms with Crippen LogP contribution in [-0.2, 0) is 57.5 Å². The van der Waals surface area contributed by atoms with Gasteiger partial charge in [0.15, 0.2) is 0 Å². The average Bonchev–Trinajstić information content (AvgIpc) is 0.815. The lowest BCUT2D eigenvalue weighted by Crippen LogP contribution is -2.64. The van der Waals surface area contributed by atoms with Gasteiger partial charge in [0.25, 0.3) is 0 Å². The number of rotatable bonds is 20. The first-order valence-corrected chi connectivity index (χ1v) is 34.9. The fourth-order valence-corrected chi connectivity index (χ4v) is 12.7. The first kappa shape index (κ1) is 84.9. The number of aliphatic hydroxyl groups is 1. The molecule has 0 saturated carbocycles. The Morgan fingerprint density at radius 3 is 1.46 bits per heavy atom. The molecule has 2 rings (SSSR count). The number of likely N-dealkylation sites (N-methyl/N-ethyl adjacent to an activating group) is 7. The predicted molar refractivity (Wildman–Crippen MR) is 369 cm³/mol. The maximum Gasteiger partial charge on any atom is 0.246 e. The Bertz CT molecular complexity index is 2580. The second-order valence-electron chi connectivity index (χ2n) is 29.0. The number of amides is 11. The smallest absolute Gasteiger partial charge is 0.246 e. The van der Waals surface area contributed by atoms with Gasteiger partial charge >= 0.3 is 0 Å². The van der Waals surface area contributed by atoms with Gasteiger partial charge in [0.05, 0.1) is 12.2 Å². The van der Waals surface area contributed by atoms with E-state index >= 15 is 24.0 Å². The number of aliphatic hydroxyl groups excluding tert-OH is 1. The summed E-state index contributed by atoms with van der Waals surface area (Å²) in [6.07, 6.45) is 6.81. The van der Waals surface area contributed by atoms with E-state index in [0.29, 0.717) is 12.8 Å². The van der Waals surface area contributed by atoms with E-state index in [0.717, 1.165) is 48.7 Å². The number of ether oxygens (including phenoxy) is 1. The van der Waals surface area contributed by atoms with E-state index in [1.807, 2.05) is 47.6 Å². The number of unbranched alkanes of at least 4 members (excludes halogenated alkanes) is 1. The minimum atomic E-state index is -1.64. The normalized spacial score (nSPS) is 27.6. The van der Waals surface area contributed by atoms with Crippen molar-refractivity contribution in [2.24, 2.45) is 35.5 Å². The van der Waals surface area contributed by atoms with E-state index in [2.05, 4.69) is 26.2 Å². The number of likely N-dealkylation sites (tertiary alicyclic amines) is 1. The molecule has 544 valence electrons. The number of hydrogen-bond donors (Lipinski definition) is 5. The molecule has 2 saturated heterocycles. The Balaban J connectivity index is 3.01. The summed E-state index contributed by atoms with van der Waals surface area (Å²) in [5, 5.41) is 23.3. The highest BCUT2D eigenvalue weighted by molar-refractivity contribution is 6.00. The molecule has 2 fully saturated rings. The van der Waals surface area contributed by atoms with Crippen LogP contribution in [0.3, 0.4) is 0 Å². The molecule has 0 unspecified atom stereocenters. The van der Waals surface area contributed by atoms with E-state index in [1.165, 1.54) is 101 Å². The van der Waals surface area contributed by atoms with Crippen molar-refractivity contribution < 1.29 is 62.6 Å². The number of hydrogen-bond acceptors (Lipinski definition) is 14. The fraction of sp³-hybridized carbons (Fsp3) is 0.814. The van der Waals surface area contributed by atoms with Crippen LogP contribution in [0, 0.1) is 35.5 Å². The Morgan fingerprint density at radius 1 is 0.484 bits per heavy atom. The van der Waals surface area contributed by atoms with E-state index < -0.39 is 161 Å². The Morgan fingerprint density at radius 2 is 0.958 bits per heavy atom. The van der Waals surface area contributed by atoms with Crippen molar-refractivity contribution in [3.63, 3.8) is 0 Å². The van der Waals surface area contributed by atoms with Crippen molar-refractivity contribution in [1.82, 2.24) is 60.5 Å². The molecule has 0 aromatic carbocycles. The number of carbonyl (C=O) groups excluding carboxylic acids is 11. The summed E-state index contributed by atoms with van der Waals surface area (Å²) in [7, 11) is 9.94. The third-order valence-electron chi connectivity index (χ3n) is 18.9. The number of piperidine rings is 1. The largest absolute Gasteiger partial charge is 0.390 e. The standard InChI is InChI=1S/C70H126N12O13/c1-25-27-33-46(13)59(83)58-63(87)73-51(26-2)66(90)75(18)49(16)65(89)80(23)57(50(17)95-37-32-31-36-82-34-29-28-30-35-82)62(86)74-55(44(9)10)69(93)76(19)52(38-41(3)4)61(85)71-47(14)60(84)72-48(15)64(88)77(20)53(39-42(5)6)67(91)78(21)54(40-43(7)8)68(92)79(22)56(45(11)12)70(94)81(58)24/h25,27,41-59,83H,26,28-40H2,1-24H3,(H,71,85)(H,72,84)(H,73,87)(H,74,86)/b27-25+/t46-,47+,48+,49-,50-,51+,52-,53+,54-,55+,56+,57+,58+,59-/m1/s1. The van der Waals surface area contributed by atoms with Gasteiger partial charge in [-0.1, -0.05) is 102 Å². The zero-order chi connectivity index (χ0) is 72.8. The van der Waals surface area contributed by atoms with Gasteiger partial charge in [0.1, 0.15) is 66.5 Å². The van der Waals surface area contributed by atoms with Crippen LogP contribution in [0.15, 0.2) is 12.2 Å². The molecule has 11 amide bonds. The van der Waals surface area contributed by atoms with E-state index in [9.17, 15) is 33.9 Å². The SMILES string of the molecule is C/C=C/C[C@@H](C)[C@@H](O)[C@H]1C(=O)N[C@@H](CC)C(=O)N(C)[C@H](C)C(=O)N(C)[C@@H]([C@@H](C)OCCCCN2CCCCC2)C(=O)N[C@@H](C(C)C)C(=O)N(C)[C@H](CC(C)C)C(=O)N[C@@H](C)C(=O)N[C@@H](C)C(=O)N(C)[C@@H](CC(C)C)C(=O)N(C)[C@H](CC(C)C)C(=O)N(C)[C@@H](C(C)C)C(=O)N1C. The second kappa shape index (κ2) is 39.9. The monoisotopic (exact) mass is 1340 g/mol. The Hall–Kier alpha value is -6.21. The van der Waals surface area contributed by atoms with Crippen LogP contribution in [0.4, 0.5) is 0 Å². The topological polar surface area (TPSA) is 291 Å². The second-order valence-corrected chi connectivity index (χ2v) is 29.0. The van der Waals surface area contributed by atoms with Crippen LogP contribution in [0.25, 0.3) is 0 Å².